The maximum absolute atomic E-state index is 11.9. The summed E-state index contributed by atoms with van der Waals surface area (Å²) >= 11 is 11.7. The van der Waals surface area contributed by atoms with Crippen LogP contribution in [0.25, 0.3) is 0 Å². The van der Waals surface area contributed by atoms with Crippen molar-refractivity contribution in [2.75, 3.05) is 13.1 Å². The van der Waals surface area contributed by atoms with E-state index in [0.717, 1.165) is 18.7 Å². The van der Waals surface area contributed by atoms with Crippen molar-refractivity contribution < 1.29 is 4.79 Å². The predicted molar refractivity (Wildman–Crippen MR) is 72.9 cm³/mol. The molecule has 0 spiro atoms. The van der Waals surface area contributed by atoms with Gasteiger partial charge in [0.2, 0.25) is 0 Å². The monoisotopic (exact) mass is 273 g/mol. The minimum atomic E-state index is 0.0180. The summed E-state index contributed by atoms with van der Waals surface area (Å²) in [6.45, 7) is 5.56. The SMILES string of the molecule is CCNCC(C)C(=O)Cc1ccc(Cl)c(Cl)c1. The van der Waals surface area contributed by atoms with Gasteiger partial charge in [-0.2, -0.15) is 0 Å². The summed E-state index contributed by atoms with van der Waals surface area (Å²) in [6, 6.07) is 5.31. The van der Waals surface area contributed by atoms with Crippen LogP contribution >= 0.6 is 23.2 Å². The molecule has 0 saturated carbocycles. The molecule has 0 aromatic heterocycles. The van der Waals surface area contributed by atoms with Crippen molar-refractivity contribution in [3.8, 4) is 0 Å². The Hall–Kier alpha value is -0.570. The van der Waals surface area contributed by atoms with Crippen molar-refractivity contribution in [2.24, 2.45) is 5.92 Å². The van der Waals surface area contributed by atoms with Crippen LogP contribution < -0.4 is 5.32 Å². The van der Waals surface area contributed by atoms with Gasteiger partial charge in [-0.1, -0.05) is 43.1 Å². The molecule has 0 heterocycles. The number of ketones is 1. The number of carbonyl (C=O) groups excluding carboxylic acids is 1. The molecule has 4 heteroatoms. The van der Waals surface area contributed by atoms with Gasteiger partial charge in [0.15, 0.2) is 0 Å². The minimum absolute atomic E-state index is 0.0180. The highest BCUT2D eigenvalue weighted by atomic mass is 35.5. The van der Waals surface area contributed by atoms with Crippen LogP contribution in [0.5, 0.6) is 0 Å². The zero-order valence-electron chi connectivity index (χ0n) is 10.1. The average Bonchev–Trinajstić information content (AvgIpc) is 2.30. The average molecular weight is 274 g/mol. The molecule has 0 aliphatic heterocycles. The van der Waals surface area contributed by atoms with Crippen molar-refractivity contribution in [1.29, 1.82) is 0 Å². The second-order valence-corrected chi connectivity index (χ2v) is 4.91. The van der Waals surface area contributed by atoms with E-state index in [-0.39, 0.29) is 11.7 Å². The van der Waals surface area contributed by atoms with Crippen molar-refractivity contribution in [3.05, 3.63) is 33.8 Å². The Morgan fingerprint density at radius 2 is 2.06 bits per heavy atom. The van der Waals surface area contributed by atoms with E-state index in [1.54, 1.807) is 12.1 Å². The molecule has 0 amide bonds. The first-order valence-corrected chi connectivity index (χ1v) is 6.47. The fraction of sp³-hybridized carbons (Fsp3) is 0.462. The van der Waals surface area contributed by atoms with Crippen LogP contribution in [0.15, 0.2) is 18.2 Å². The highest BCUT2D eigenvalue weighted by Gasteiger charge is 2.13. The number of hydrogen-bond donors (Lipinski definition) is 1. The van der Waals surface area contributed by atoms with E-state index < -0.39 is 0 Å². The number of rotatable bonds is 6. The van der Waals surface area contributed by atoms with E-state index >= 15 is 0 Å². The van der Waals surface area contributed by atoms with Crippen molar-refractivity contribution in [2.45, 2.75) is 20.3 Å². The highest BCUT2D eigenvalue weighted by Crippen LogP contribution is 2.23. The molecule has 1 unspecified atom stereocenters. The summed E-state index contributed by atoms with van der Waals surface area (Å²) in [4.78, 5) is 11.9. The van der Waals surface area contributed by atoms with Crippen LogP contribution in [0.2, 0.25) is 10.0 Å². The first kappa shape index (κ1) is 14.5. The summed E-state index contributed by atoms with van der Waals surface area (Å²) in [5.74, 6) is 0.230. The van der Waals surface area contributed by atoms with E-state index in [2.05, 4.69) is 5.32 Å². The minimum Gasteiger partial charge on any atom is -0.316 e. The van der Waals surface area contributed by atoms with Gasteiger partial charge in [0, 0.05) is 18.9 Å². The molecule has 1 aromatic rings. The molecule has 17 heavy (non-hydrogen) atoms. The van der Waals surface area contributed by atoms with Gasteiger partial charge in [0.25, 0.3) is 0 Å². The molecular weight excluding hydrogens is 257 g/mol. The van der Waals surface area contributed by atoms with Gasteiger partial charge >= 0.3 is 0 Å². The maximum atomic E-state index is 11.9. The molecule has 94 valence electrons. The largest absolute Gasteiger partial charge is 0.316 e. The fourth-order valence-electron chi connectivity index (χ4n) is 1.50. The lowest BCUT2D eigenvalue weighted by atomic mass is 9.99. The molecule has 1 rings (SSSR count). The fourth-order valence-corrected chi connectivity index (χ4v) is 1.82. The molecule has 1 atom stereocenters. The standard InChI is InChI=1S/C13H17Cl2NO/c1-3-16-8-9(2)13(17)7-10-4-5-11(14)12(15)6-10/h4-6,9,16H,3,7-8H2,1-2H3. The van der Waals surface area contributed by atoms with Crippen molar-refractivity contribution in [1.82, 2.24) is 5.32 Å². The topological polar surface area (TPSA) is 29.1 Å². The number of halogens is 2. The van der Waals surface area contributed by atoms with Gasteiger partial charge in [-0.15, -0.1) is 0 Å². The smallest absolute Gasteiger partial charge is 0.141 e. The number of hydrogen-bond acceptors (Lipinski definition) is 2. The highest BCUT2D eigenvalue weighted by molar-refractivity contribution is 6.42. The van der Waals surface area contributed by atoms with E-state index in [4.69, 9.17) is 23.2 Å². The van der Waals surface area contributed by atoms with Crippen LogP contribution in [-0.2, 0) is 11.2 Å². The molecule has 0 saturated heterocycles. The normalized spacial score (nSPS) is 12.5. The Balaban J connectivity index is 2.58. The van der Waals surface area contributed by atoms with Crippen molar-refractivity contribution in [3.63, 3.8) is 0 Å². The summed E-state index contributed by atoms with van der Waals surface area (Å²) < 4.78 is 0. The van der Waals surface area contributed by atoms with Gasteiger partial charge in [0.1, 0.15) is 5.78 Å². The predicted octanol–water partition coefficient (Wildman–Crippen LogP) is 3.35. The number of nitrogens with one attached hydrogen (secondary N) is 1. The second kappa shape index (κ2) is 7.00. The van der Waals surface area contributed by atoms with E-state index in [1.165, 1.54) is 0 Å². The van der Waals surface area contributed by atoms with Crippen LogP contribution in [-0.4, -0.2) is 18.9 Å². The molecule has 1 aromatic carbocycles. The Morgan fingerprint density at radius 3 is 2.65 bits per heavy atom. The van der Waals surface area contributed by atoms with E-state index in [9.17, 15) is 4.79 Å². The summed E-state index contributed by atoms with van der Waals surface area (Å²) in [5, 5.41) is 4.18. The zero-order chi connectivity index (χ0) is 12.8. The zero-order valence-corrected chi connectivity index (χ0v) is 11.6. The van der Waals surface area contributed by atoms with Gasteiger partial charge < -0.3 is 5.32 Å². The second-order valence-electron chi connectivity index (χ2n) is 4.10. The molecule has 0 aliphatic carbocycles. The van der Waals surface area contributed by atoms with Crippen LogP contribution in [0, 0.1) is 5.92 Å². The Kier molecular flexibility index (Phi) is 5.96. The molecule has 0 fully saturated rings. The third-order valence-corrected chi connectivity index (χ3v) is 3.35. The third kappa shape index (κ3) is 4.66. The number of benzene rings is 1. The molecule has 0 bridgehead atoms. The third-order valence-electron chi connectivity index (χ3n) is 2.61. The van der Waals surface area contributed by atoms with Gasteiger partial charge in [-0.3, -0.25) is 4.79 Å². The number of carbonyl (C=O) groups is 1. The van der Waals surface area contributed by atoms with Crippen LogP contribution in [0.3, 0.4) is 0 Å². The van der Waals surface area contributed by atoms with Gasteiger partial charge in [-0.25, -0.2) is 0 Å². The van der Waals surface area contributed by atoms with E-state index in [0.29, 0.717) is 16.5 Å². The summed E-state index contributed by atoms with van der Waals surface area (Å²) in [6.07, 6.45) is 0.406. The molecule has 2 nitrogen and oxygen atoms in total. The molecular formula is C13H17Cl2NO. The quantitative estimate of drug-likeness (QED) is 0.861. The van der Waals surface area contributed by atoms with Crippen LogP contribution in [0.1, 0.15) is 19.4 Å². The van der Waals surface area contributed by atoms with Crippen molar-refractivity contribution >= 4 is 29.0 Å². The lowest BCUT2D eigenvalue weighted by Gasteiger charge is -2.11. The molecule has 0 aliphatic rings. The lowest BCUT2D eigenvalue weighted by Crippen LogP contribution is -2.27. The maximum Gasteiger partial charge on any atom is 0.141 e. The lowest BCUT2D eigenvalue weighted by molar-refractivity contribution is -0.121. The Labute approximate surface area is 112 Å². The van der Waals surface area contributed by atoms with E-state index in [1.807, 2.05) is 19.9 Å². The first-order valence-electron chi connectivity index (χ1n) is 5.72. The molecule has 1 N–H and O–H groups in total. The Morgan fingerprint density at radius 1 is 1.35 bits per heavy atom. The first-order chi connectivity index (χ1) is 8.04. The summed E-state index contributed by atoms with van der Waals surface area (Å²) in [5.41, 5.74) is 0.910. The van der Waals surface area contributed by atoms with Gasteiger partial charge in [-0.05, 0) is 24.2 Å². The van der Waals surface area contributed by atoms with Crippen LogP contribution in [0.4, 0.5) is 0 Å². The Bertz CT molecular complexity index is 393. The number of Topliss-reactive ketones (excluding diaryl/α,β-unsaturated/α-hetero) is 1. The summed E-state index contributed by atoms with van der Waals surface area (Å²) in [7, 11) is 0. The molecule has 0 radical (unpaired) electrons. The van der Waals surface area contributed by atoms with Gasteiger partial charge in [0.05, 0.1) is 10.0 Å².